The van der Waals surface area contributed by atoms with Gasteiger partial charge in [0, 0.05) is 41.1 Å². The Morgan fingerprint density at radius 2 is 0.591 bits per heavy atom. The topological polar surface area (TPSA) is 0 Å². The highest BCUT2D eigenvalue weighted by Crippen LogP contribution is 2.35. The van der Waals surface area contributed by atoms with Crippen molar-refractivity contribution in [2.24, 2.45) is 0 Å². The molecule has 0 aliphatic carbocycles. The first-order valence-electron chi connectivity index (χ1n) is 14.5. The van der Waals surface area contributed by atoms with Crippen molar-refractivity contribution in [2.75, 3.05) is 0 Å². The van der Waals surface area contributed by atoms with Gasteiger partial charge in [-0.1, -0.05) is 72.8 Å². The first-order chi connectivity index (χ1) is 21.8. The molecular weight excluding hydrogens is 609 g/mol. The van der Waals surface area contributed by atoms with Gasteiger partial charge in [0.15, 0.2) is 0 Å². The molecule has 0 saturated heterocycles. The number of fused-ring (bicyclic) bond motifs is 4. The maximum absolute atomic E-state index is 2.44. The fourth-order valence-electron chi connectivity index (χ4n) is 6.56. The minimum absolute atomic E-state index is 1.26. The summed E-state index contributed by atoms with van der Waals surface area (Å²) in [6, 6.07) is 45.2. The third kappa shape index (κ3) is 4.21. The molecule has 0 spiro atoms. The third-order valence-corrected chi connectivity index (χ3v) is 12.0. The van der Waals surface area contributed by atoms with Crippen LogP contribution in [0.3, 0.4) is 0 Å². The second kappa shape index (κ2) is 10.7. The maximum Gasteiger partial charge on any atom is 0.0363 e. The Morgan fingerprint density at radius 3 is 0.818 bits per heavy atom. The van der Waals surface area contributed by atoms with Crippen LogP contribution in [0.15, 0.2) is 143 Å². The Morgan fingerprint density at radius 1 is 0.318 bits per heavy atom. The normalized spacial score (nSPS) is 11.6. The van der Waals surface area contributed by atoms with Crippen LogP contribution in [0.5, 0.6) is 0 Å². The van der Waals surface area contributed by atoms with E-state index in [2.05, 4.69) is 143 Å². The molecule has 9 rings (SSSR count). The van der Waals surface area contributed by atoms with Crippen LogP contribution < -0.4 is 10.4 Å². The highest BCUT2D eigenvalue weighted by Gasteiger charge is 2.19. The number of hydrogen-bond donors (Lipinski definition) is 0. The summed E-state index contributed by atoms with van der Waals surface area (Å²) in [6.07, 6.45) is 0. The molecule has 0 saturated carbocycles. The Bertz CT molecular complexity index is 2210. The zero-order valence-corrected chi connectivity index (χ0v) is 26.8. The molecule has 0 amide bonds. The van der Waals surface area contributed by atoms with Crippen LogP contribution in [0.4, 0.5) is 0 Å². The summed E-state index contributed by atoms with van der Waals surface area (Å²) in [5.74, 6) is 0. The summed E-state index contributed by atoms with van der Waals surface area (Å²) < 4.78 is 0. The largest absolute Gasteiger partial charge is 0.144 e. The molecule has 0 nitrogen and oxygen atoms in total. The Balaban J connectivity index is 1.68. The number of hydrogen-bond acceptors (Lipinski definition) is 4. The predicted octanol–water partition coefficient (Wildman–Crippen LogP) is 11.0. The van der Waals surface area contributed by atoms with Crippen LogP contribution in [0.25, 0.3) is 54.2 Å². The lowest BCUT2D eigenvalue weighted by molar-refractivity contribution is 1.64. The van der Waals surface area contributed by atoms with Gasteiger partial charge < -0.3 is 0 Å². The quantitative estimate of drug-likeness (QED) is 0.169. The van der Waals surface area contributed by atoms with E-state index < -0.39 is 0 Å². The van der Waals surface area contributed by atoms with E-state index in [1.54, 1.807) is 0 Å². The molecule has 44 heavy (non-hydrogen) atoms. The van der Waals surface area contributed by atoms with E-state index in [4.69, 9.17) is 0 Å². The van der Waals surface area contributed by atoms with Gasteiger partial charge in [0.05, 0.1) is 0 Å². The van der Waals surface area contributed by atoms with E-state index in [-0.39, 0.29) is 0 Å². The van der Waals surface area contributed by atoms with Gasteiger partial charge in [-0.25, -0.2) is 0 Å². The lowest BCUT2D eigenvalue weighted by Crippen LogP contribution is -2.20. The summed E-state index contributed by atoms with van der Waals surface area (Å²) >= 11 is 7.29. The van der Waals surface area contributed by atoms with Crippen molar-refractivity contribution in [2.45, 2.75) is 0 Å². The number of benzene rings is 5. The average molecular weight is 633 g/mol. The predicted molar refractivity (Wildman–Crippen MR) is 196 cm³/mol. The van der Waals surface area contributed by atoms with Crippen LogP contribution in [-0.2, 0) is 0 Å². The third-order valence-electron chi connectivity index (χ3n) is 8.42. The fraction of sp³-hybridized carbons (Fsp3) is 0. The number of rotatable bonds is 4. The van der Waals surface area contributed by atoms with Gasteiger partial charge in [-0.2, -0.15) is 0 Å². The second-order valence-corrected chi connectivity index (χ2v) is 14.7. The van der Waals surface area contributed by atoms with Gasteiger partial charge in [-0.3, -0.25) is 0 Å². The van der Waals surface area contributed by atoms with Crippen LogP contribution in [-0.4, -0.2) is 0 Å². The van der Waals surface area contributed by atoms with E-state index in [1.165, 1.54) is 84.2 Å². The van der Waals surface area contributed by atoms with Crippen LogP contribution in [0.1, 0.15) is 19.5 Å². The first kappa shape index (κ1) is 26.1. The van der Waals surface area contributed by atoms with Crippen molar-refractivity contribution in [3.05, 3.63) is 173 Å². The Labute approximate surface area is 270 Å². The molecule has 0 aliphatic rings. The standard InChI is InChI=1S/C40H24S4/c1-2-10-26-22-30-29(21-25(26)9-1)37(39(33-13-5-17-41-33)34-14-6-18-42-34)31-23-27-11-3-4-12-28(27)24-32(31)38(30)40(35-15-7-19-43-35)36-16-8-20-44-36/h1-24H. The Hall–Kier alpha value is -4.32. The molecule has 0 bridgehead atoms. The van der Waals surface area contributed by atoms with E-state index in [0.29, 0.717) is 0 Å². The summed E-state index contributed by atoms with van der Waals surface area (Å²) in [6.45, 7) is 0. The molecule has 0 aliphatic heterocycles. The van der Waals surface area contributed by atoms with Crippen molar-refractivity contribution < 1.29 is 0 Å². The van der Waals surface area contributed by atoms with E-state index in [9.17, 15) is 0 Å². The van der Waals surface area contributed by atoms with Crippen molar-refractivity contribution in [1.82, 2.24) is 0 Å². The first-order valence-corrected chi connectivity index (χ1v) is 18.1. The van der Waals surface area contributed by atoms with Gasteiger partial charge >= 0.3 is 0 Å². The Kier molecular flexibility index (Phi) is 6.34. The van der Waals surface area contributed by atoms with Crippen LogP contribution >= 0.6 is 45.3 Å². The van der Waals surface area contributed by atoms with E-state index in [1.807, 2.05) is 45.3 Å². The highest BCUT2D eigenvalue weighted by molar-refractivity contribution is 7.14. The molecular formula is C40H24S4. The van der Waals surface area contributed by atoms with Crippen molar-refractivity contribution in [3.63, 3.8) is 0 Å². The van der Waals surface area contributed by atoms with Crippen molar-refractivity contribution >= 4 is 99.6 Å². The molecule has 4 heterocycles. The molecule has 0 N–H and O–H groups in total. The van der Waals surface area contributed by atoms with Gasteiger partial charge in [-0.15, -0.1) is 45.3 Å². The zero-order valence-electron chi connectivity index (χ0n) is 23.5. The SMILES string of the molecule is c1csc(C(c2cccs2)=c2c3cc4ccccc4cc3c(=C(c3cccs3)c3cccs3)c3cc4ccccc4cc23)c1. The molecule has 4 heteroatoms. The fourth-order valence-corrected chi connectivity index (χ4v) is 9.85. The molecule has 4 aromatic heterocycles. The number of thiophene rings is 4. The van der Waals surface area contributed by atoms with Crippen molar-refractivity contribution in [3.8, 4) is 0 Å². The monoisotopic (exact) mass is 632 g/mol. The summed E-state index contributed by atoms with van der Waals surface area (Å²) in [7, 11) is 0. The molecule has 0 radical (unpaired) electrons. The smallest absolute Gasteiger partial charge is 0.0363 e. The van der Waals surface area contributed by atoms with Gasteiger partial charge in [0.2, 0.25) is 0 Å². The van der Waals surface area contributed by atoms with Gasteiger partial charge in [0.1, 0.15) is 0 Å². The van der Waals surface area contributed by atoms with E-state index >= 15 is 0 Å². The van der Waals surface area contributed by atoms with E-state index in [0.717, 1.165) is 0 Å². The molecule has 0 atom stereocenters. The maximum atomic E-state index is 2.44. The summed E-state index contributed by atoms with van der Waals surface area (Å²) in [4.78, 5) is 5.18. The minimum Gasteiger partial charge on any atom is -0.144 e. The van der Waals surface area contributed by atoms with Crippen LogP contribution in [0, 0.1) is 0 Å². The van der Waals surface area contributed by atoms with Gasteiger partial charge in [-0.05, 0) is 113 Å². The lowest BCUT2D eigenvalue weighted by atomic mass is 9.89. The molecule has 9 aromatic rings. The second-order valence-electron chi connectivity index (χ2n) is 10.9. The molecule has 0 unspecified atom stereocenters. The highest BCUT2D eigenvalue weighted by atomic mass is 32.1. The zero-order chi connectivity index (χ0) is 29.0. The summed E-state index contributed by atoms with van der Waals surface area (Å²) in [5, 5.41) is 21.7. The summed E-state index contributed by atoms with van der Waals surface area (Å²) in [5.41, 5.74) is 2.63. The minimum atomic E-state index is 1.26. The van der Waals surface area contributed by atoms with Crippen LogP contribution in [0.2, 0.25) is 0 Å². The lowest BCUT2D eigenvalue weighted by Gasteiger charge is -2.16. The molecule has 0 fully saturated rings. The average Bonchev–Trinajstić information content (AvgIpc) is 3.90. The van der Waals surface area contributed by atoms with Gasteiger partial charge in [0.25, 0.3) is 0 Å². The molecule has 5 aromatic carbocycles. The molecule has 208 valence electrons. The van der Waals surface area contributed by atoms with Crippen molar-refractivity contribution in [1.29, 1.82) is 0 Å².